The summed E-state index contributed by atoms with van der Waals surface area (Å²) < 4.78 is 14.7. The fourth-order valence-corrected chi connectivity index (χ4v) is 2.31. The molecule has 3 aromatic rings. The molecule has 0 fully saturated rings. The summed E-state index contributed by atoms with van der Waals surface area (Å²) in [6.45, 7) is 0. The van der Waals surface area contributed by atoms with Crippen molar-refractivity contribution in [3.05, 3.63) is 65.6 Å². The number of carbonyl (C=O) groups is 1. The number of benzene rings is 2. The predicted molar refractivity (Wildman–Crippen MR) is 74.9 cm³/mol. The summed E-state index contributed by atoms with van der Waals surface area (Å²) in [6.07, 6.45) is 1.70. The SMILES string of the molecule is N#Cc1cc(C(=O)O)c2ccn(-c3ccc(F)cc3)c2c1. The Labute approximate surface area is 119 Å². The van der Waals surface area contributed by atoms with Gasteiger partial charge >= 0.3 is 5.97 Å². The summed E-state index contributed by atoms with van der Waals surface area (Å²) in [4.78, 5) is 11.3. The zero-order valence-electron chi connectivity index (χ0n) is 10.7. The normalized spacial score (nSPS) is 10.5. The van der Waals surface area contributed by atoms with Crippen LogP contribution in [-0.2, 0) is 0 Å². The van der Waals surface area contributed by atoms with Gasteiger partial charge in [-0.15, -0.1) is 0 Å². The van der Waals surface area contributed by atoms with Crippen molar-refractivity contribution >= 4 is 16.9 Å². The smallest absolute Gasteiger partial charge is 0.336 e. The monoisotopic (exact) mass is 280 g/mol. The average Bonchev–Trinajstić information content (AvgIpc) is 2.90. The quantitative estimate of drug-likeness (QED) is 0.782. The molecule has 0 aliphatic carbocycles. The van der Waals surface area contributed by atoms with Gasteiger partial charge in [-0.05, 0) is 42.5 Å². The largest absolute Gasteiger partial charge is 0.478 e. The maximum Gasteiger partial charge on any atom is 0.336 e. The molecular formula is C16H9FN2O2. The van der Waals surface area contributed by atoms with Gasteiger partial charge in [-0.1, -0.05) is 0 Å². The highest BCUT2D eigenvalue weighted by molar-refractivity contribution is 6.04. The highest BCUT2D eigenvalue weighted by Crippen LogP contribution is 2.25. The molecule has 0 aliphatic rings. The Kier molecular flexibility index (Phi) is 2.92. The van der Waals surface area contributed by atoms with E-state index < -0.39 is 5.97 Å². The van der Waals surface area contributed by atoms with Gasteiger partial charge in [0.25, 0.3) is 0 Å². The van der Waals surface area contributed by atoms with E-state index in [1.807, 2.05) is 6.07 Å². The van der Waals surface area contributed by atoms with Crippen molar-refractivity contribution < 1.29 is 14.3 Å². The van der Waals surface area contributed by atoms with E-state index >= 15 is 0 Å². The van der Waals surface area contributed by atoms with Crippen molar-refractivity contribution in [2.75, 3.05) is 0 Å². The molecule has 4 nitrogen and oxygen atoms in total. The highest BCUT2D eigenvalue weighted by atomic mass is 19.1. The summed E-state index contributed by atoms with van der Waals surface area (Å²) in [6, 6.07) is 12.4. The van der Waals surface area contributed by atoms with E-state index in [1.165, 1.54) is 18.2 Å². The number of fused-ring (bicyclic) bond motifs is 1. The number of aromatic carboxylic acids is 1. The first kappa shape index (κ1) is 12.9. The first-order valence-corrected chi connectivity index (χ1v) is 6.14. The van der Waals surface area contributed by atoms with Crippen LogP contribution in [0.5, 0.6) is 0 Å². The average molecular weight is 280 g/mol. The molecule has 102 valence electrons. The Hall–Kier alpha value is -3.13. The number of halogens is 1. The highest BCUT2D eigenvalue weighted by Gasteiger charge is 2.14. The first-order valence-electron chi connectivity index (χ1n) is 6.14. The lowest BCUT2D eigenvalue weighted by Crippen LogP contribution is -1.99. The van der Waals surface area contributed by atoms with E-state index in [9.17, 15) is 14.3 Å². The second-order valence-electron chi connectivity index (χ2n) is 4.54. The third-order valence-electron chi connectivity index (χ3n) is 3.27. The van der Waals surface area contributed by atoms with Gasteiger partial charge in [0.05, 0.1) is 22.7 Å². The van der Waals surface area contributed by atoms with E-state index in [0.29, 0.717) is 16.6 Å². The van der Waals surface area contributed by atoms with E-state index in [2.05, 4.69) is 0 Å². The Morgan fingerprint density at radius 3 is 2.52 bits per heavy atom. The van der Waals surface area contributed by atoms with Crippen LogP contribution in [0.25, 0.3) is 16.6 Å². The van der Waals surface area contributed by atoms with Crippen molar-refractivity contribution in [3.8, 4) is 11.8 Å². The summed E-state index contributed by atoms with van der Waals surface area (Å²) in [5.74, 6) is -1.44. The van der Waals surface area contributed by atoms with Crippen LogP contribution in [0.3, 0.4) is 0 Å². The molecule has 1 aromatic heterocycles. The second kappa shape index (κ2) is 4.76. The van der Waals surface area contributed by atoms with Gasteiger partial charge in [0, 0.05) is 17.3 Å². The third kappa shape index (κ3) is 2.13. The lowest BCUT2D eigenvalue weighted by atomic mass is 10.1. The number of nitriles is 1. The van der Waals surface area contributed by atoms with E-state index in [1.54, 1.807) is 35.0 Å². The van der Waals surface area contributed by atoms with Gasteiger partial charge in [0.1, 0.15) is 5.82 Å². The molecule has 1 N–H and O–H groups in total. The van der Waals surface area contributed by atoms with Crippen LogP contribution in [0.1, 0.15) is 15.9 Å². The van der Waals surface area contributed by atoms with Crippen LogP contribution in [0.15, 0.2) is 48.7 Å². The Bertz CT molecular complexity index is 889. The summed E-state index contributed by atoms with van der Waals surface area (Å²) in [7, 11) is 0. The molecule has 0 amide bonds. The number of aromatic nitrogens is 1. The van der Waals surface area contributed by atoms with Crippen molar-refractivity contribution in [1.29, 1.82) is 5.26 Å². The third-order valence-corrected chi connectivity index (χ3v) is 3.27. The van der Waals surface area contributed by atoms with Gasteiger partial charge in [-0.2, -0.15) is 5.26 Å². The molecule has 0 saturated heterocycles. The van der Waals surface area contributed by atoms with Crippen molar-refractivity contribution in [2.45, 2.75) is 0 Å². The summed E-state index contributed by atoms with van der Waals surface area (Å²) in [5.41, 5.74) is 1.63. The molecule has 2 aromatic carbocycles. The summed E-state index contributed by atoms with van der Waals surface area (Å²) >= 11 is 0. The number of hydrogen-bond donors (Lipinski definition) is 1. The number of carboxylic acids is 1. The standard InChI is InChI=1S/C16H9FN2O2/c17-11-1-3-12(4-2-11)19-6-5-13-14(16(20)21)7-10(9-18)8-15(13)19/h1-8H,(H,20,21). The van der Waals surface area contributed by atoms with Crippen LogP contribution in [0, 0.1) is 17.1 Å². The molecule has 0 bridgehead atoms. The molecule has 0 aliphatic heterocycles. The number of carboxylic acid groups (broad SMARTS) is 1. The molecule has 21 heavy (non-hydrogen) atoms. The fraction of sp³-hybridized carbons (Fsp3) is 0. The van der Waals surface area contributed by atoms with Crippen LogP contribution in [0.4, 0.5) is 4.39 Å². The van der Waals surface area contributed by atoms with Gasteiger partial charge in [0.2, 0.25) is 0 Å². The van der Waals surface area contributed by atoms with Gasteiger partial charge in [-0.25, -0.2) is 9.18 Å². The number of hydrogen-bond acceptors (Lipinski definition) is 2. The molecule has 3 rings (SSSR count). The Balaban J connectivity index is 2.31. The molecular weight excluding hydrogens is 271 g/mol. The lowest BCUT2D eigenvalue weighted by molar-refractivity contribution is 0.0699. The second-order valence-corrected chi connectivity index (χ2v) is 4.54. The van der Waals surface area contributed by atoms with Crippen LogP contribution < -0.4 is 0 Å². The van der Waals surface area contributed by atoms with Crippen molar-refractivity contribution in [2.24, 2.45) is 0 Å². The van der Waals surface area contributed by atoms with Gasteiger partial charge in [0.15, 0.2) is 0 Å². The zero-order chi connectivity index (χ0) is 15.0. The molecule has 0 radical (unpaired) electrons. The molecule has 5 heteroatoms. The van der Waals surface area contributed by atoms with Crippen molar-refractivity contribution in [3.63, 3.8) is 0 Å². The lowest BCUT2D eigenvalue weighted by Gasteiger charge is -2.06. The fourth-order valence-electron chi connectivity index (χ4n) is 2.31. The molecule has 0 unspecified atom stereocenters. The minimum Gasteiger partial charge on any atom is -0.478 e. The maximum absolute atomic E-state index is 13.0. The Morgan fingerprint density at radius 2 is 1.90 bits per heavy atom. The summed E-state index contributed by atoms with van der Waals surface area (Å²) in [5, 5.41) is 18.8. The van der Waals surface area contributed by atoms with Crippen LogP contribution in [0.2, 0.25) is 0 Å². The first-order chi connectivity index (χ1) is 10.1. The predicted octanol–water partition coefficient (Wildman–Crippen LogP) is 3.34. The molecule has 1 heterocycles. The zero-order valence-corrected chi connectivity index (χ0v) is 10.7. The maximum atomic E-state index is 13.0. The minimum atomic E-state index is -1.09. The Morgan fingerprint density at radius 1 is 1.19 bits per heavy atom. The number of rotatable bonds is 2. The van der Waals surface area contributed by atoms with E-state index in [0.717, 1.165) is 0 Å². The van der Waals surface area contributed by atoms with Crippen LogP contribution in [-0.4, -0.2) is 15.6 Å². The van der Waals surface area contributed by atoms with Gasteiger partial charge in [-0.3, -0.25) is 0 Å². The van der Waals surface area contributed by atoms with Crippen LogP contribution >= 0.6 is 0 Å². The topological polar surface area (TPSA) is 66.0 Å². The molecule has 0 atom stereocenters. The van der Waals surface area contributed by atoms with E-state index in [4.69, 9.17) is 5.26 Å². The molecule has 0 saturated carbocycles. The van der Waals surface area contributed by atoms with Crippen molar-refractivity contribution in [1.82, 2.24) is 4.57 Å². The number of nitrogens with zero attached hydrogens (tertiary/aromatic N) is 2. The minimum absolute atomic E-state index is 0.0740. The van der Waals surface area contributed by atoms with Gasteiger partial charge < -0.3 is 9.67 Å². The molecule has 0 spiro atoms. The van der Waals surface area contributed by atoms with E-state index in [-0.39, 0.29) is 16.9 Å².